The Morgan fingerprint density at radius 2 is 1.71 bits per heavy atom. The summed E-state index contributed by atoms with van der Waals surface area (Å²) in [6, 6.07) is 7.73. The highest BCUT2D eigenvalue weighted by molar-refractivity contribution is 6.10. The first-order valence-corrected chi connectivity index (χ1v) is 8.81. The predicted molar refractivity (Wildman–Crippen MR) is 96.9 cm³/mol. The third-order valence-corrected chi connectivity index (χ3v) is 4.86. The molecule has 0 atom stereocenters. The zero-order valence-electron chi connectivity index (χ0n) is 15.3. The Balaban J connectivity index is 2.05. The average Bonchev–Trinajstić information content (AvgIpc) is 2.61. The van der Waals surface area contributed by atoms with Crippen LogP contribution in [0.5, 0.6) is 0 Å². The van der Waals surface area contributed by atoms with Crippen LogP contribution in [0.25, 0.3) is 0 Å². The van der Waals surface area contributed by atoms with Crippen molar-refractivity contribution >= 4 is 17.5 Å². The molecular weight excluding hydrogens is 302 g/mol. The molecule has 0 aromatic heterocycles. The van der Waals surface area contributed by atoms with Crippen molar-refractivity contribution in [2.45, 2.75) is 34.1 Å². The molecule has 2 amide bonds. The molecular formula is C19H29N3O2. The minimum atomic E-state index is -1.07. The van der Waals surface area contributed by atoms with Gasteiger partial charge in [0.05, 0.1) is 0 Å². The van der Waals surface area contributed by atoms with E-state index in [1.807, 2.05) is 29.2 Å². The quantitative estimate of drug-likeness (QED) is 0.843. The van der Waals surface area contributed by atoms with Crippen LogP contribution in [0.2, 0.25) is 0 Å². The number of amides is 2. The van der Waals surface area contributed by atoms with Gasteiger partial charge < -0.3 is 15.1 Å². The molecule has 0 spiro atoms. The van der Waals surface area contributed by atoms with Crippen molar-refractivity contribution in [1.29, 1.82) is 0 Å². The number of likely N-dealkylation sites (N-methyl/N-ethyl adjacent to an activating group) is 1. The number of carbonyl (C=O) groups is 2. The smallest absolute Gasteiger partial charge is 0.239 e. The number of hydrogen-bond acceptors (Lipinski definition) is 3. The number of nitrogens with zero attached hydrogens (tertiary/aromatic N) is 2. The molecule has 5 nitrogen and oxygen atoms in total. The number of aryl methyl sites for hydroxylation is 1. The highest BCUT2D eigenvalue weighted by atomic mass is 16.2. The Morgan fingerprint density at radius 1 is 1.08 bits per heavy atom. The second-order valence-electron chi connectivity index (χ2n) is 6.82. The highest BCUT2D eigenvalue weighted by Crippen LogP contribution is 2.24. The SMILES string of the molecule is CCc1ccccc1NC(=O)C(C)(C)C(=O)N1CCN(CC)CC1. The highest BCUT2D eigenvalue weighted by Gasteiger charge is 2.40. The van der Waals surface area contributed by atoms with Crippen molar-refractivity contribution < 1.29 is 9.59 Å². The normalized spacial score (nSPS) is 16.1. The lowest BCUT2D eigenvalue weighted by Gasteiger charge is -2.37. The molecule has 1 aliphatic rings. The number of nitrogens with one attached hydrogen (secondary N) is 1. The minimum Gasteiger partial charge on any atom is -0.339 e. The van der Waals surface area contributed by atoms with Crippen LogP contribution in [-0.4, -0.2) is 54.3 Å². The van der Waals surface area contributed by atoms with E-state index < -0.39 is 5.41 Å². The zero-order valence-corrected chi connectivity index (χ0v) is 15.3. The molecule has 1 saturated heterocycles. The lowest BCUT2D eigenvalue weighted by atomic mass is 9.89. The third kappa shape index (κ3) is 3.96. The third-order valence-electron chi connectivity index (χ3n) is 4.86. The molecule has 1 aromatic rings. The number of rotatable bonds is 5. The van der Waals surface area contributed by atoms with E-state index in [0.717, 1.165) is 37.3 Å². The van der Waals surface area contributed by atoms with Crippen molar-refractivity contribution in [1.82, 2.24) is 9.80 Å². The average molecular weight is 331 g/mol. The van der Waals surface area contributed by atoms with E-state index in [1.54, 1.807) is 13.8 Å². The largest absolute Gasteiger partial charge is 0.339 e. The molecule has 5 heteroatoms. The van der Waals surface area contributed by atoms with E-state index in [9.17, 15) is 9.59 Å². The molecule has 1 aliphatic heterocycles. The van der Waals surface area contributed by atoms with Gasteiger partial charge in [-0.05, 0) is 38.4 Å². The van der Waals surface area contributed by atoms with E-state index in [-0.39, 0.29) is 11.8 Å². The topological polar surface area (TPSA) is 52.7 Å². The van der Waals surface area contributed by atoms with Crippen LogP contribution in [0, 0.1) is 5.41 Å². The van der Waals surface area contributed by atoms with E-state index >= 15 is 0 Å². The standard InChI is InChI=1S/C19H29N3O2/c1-5-15-9-7-8-10-16(15)20-17(23)19(3,4)18(24)22-13-11-21(6-2)12-14-22/h7-10H,5-6,11-14H2,1-4H3,(H,20,23). The van der Waals surface area contributed by atoms with Crippen molar-refractivity contribution in [3.8, 4) is 0 Å². The molecule has 24 heavy (non-hydrogen) atoms. The van der Waals surface area contributed by atoms with E-state index in [0.29, 0.717) is 13.1 Å². The van der Waals surface area contributed by atoms with E-state index in [2.05, 4.69) is 24.1 Å². The molecule has 0 unspecified atom stereocenters. The first kappa shape index (κ1) is 18.5. The fraction of sp³-hybridized carbons (Fsp3) is 0.579. The summed E-state index contributed by atoms with van der Waals surface area (Å²) in [6.45, 7) is 11.7. The monoisotopic (exact) mass is 331 g/mol. The summed E-state index contributed by atoms with van der Waals surface area (Å²) in [5.74, 6) is -0.337. The number of carbonyl (C=O) groups excluding carboxylic acids is 2. The molecule has 1 aromatic carbocycles. The fourth-order valence-electron chi connectivity index (χ4n) is 2.99. The molecule has 1 N–H and O–H groups in total. The van der Waals surface area contributed by atoms with Crippen LogP contribution < -0.4 is 5.32 Å². The van der Waals surface area contributed by atoms with Gasteiger partial charge in [0.1, 0.15) is 5.41 Å². The van der Waals surface area contributed by atoms with Crippen LogP contribution in [0.15, 0.2) is 24.3 Å². The first-order chi connectivity index (χ1) is 11.4. The summed E-state index contributed by atoms with van der Waals surface area (Å²) >= 11 is 0. The van der Waals surface area contributed by atoms with Gasteiger partial charge in [-0.25, -0.2) is 0 Å². The van der Waals surface area contributed by atoms with Crippen LogP contribution in [-0.2, 0) is 16.0 Å². The number of para-hydroxylation sites is 1. The van der Waals surface area contributed by atoms with Gasteiger partial charge in [-0.1, -0.05) is 32.0 Å². The summed E-state index contributed by atoms with van der Waals surface area (Å²) < 4.78 is 0. The molecule has 0 saturated carbocycles. The number of anilines is 1. The van der Waals surface area contributed by atoms with Gasteiger partial charge in [0, 0.05) is 31.9 Å². The predicted octanol–water partition coefficient (Wildman–Crippen LogP) is 2.38. The summed E-state index contributed by atoms with van der Waals surface area (Å²) in [5, 5.41) is 2.94. The number of hydrogen-bond donors (Lipinski definition) is 1. The van der Waals surface area contributed by atoms with Crippen LogP contribution in [0.4, 0.5) is 5.69 Å². The Labute approximate surface area is 145 Å². The van der Waals surface area contributed by atoms with Gasteiger partial charge in [0.15, 0.2) is 0 Å². The summed E-state index contributed by atoms with van der Waals surface area (Å²) in [4.78, 5) is 29.7. The Bertz CT molecular complexity index is 590. The zero-order chi connectivity index (χ0) is 17.7. The van der Waals surface area contributed by atoms with Crippen molar-refractivity contribution in [2.75, 3.05) is 38.0 Å². The van der Waals surface area contributed by atoms with Crippen LogP contribution >= 0.6 is 0 Å². The molecule has 1 fully saturated rings. The summed E-state index contributed by atoms with van der Waals surface area (Å²) in [7, 11) is 0. The maximum absolute atomic E-state index is 12.8. The maximum atomic E-state index is 12.8. The van der Waals surface area contributed by atoms with Gasteiger partial charge in [-0.2, -0.15) is 0 Å². The van der Waals surface area contributed by atoms with Gasteiger partial charge in [0.2, 0.25) is 11.8 Å². The maximum Gasteiger partial charge on any atom is 0.239 e. The number of benzene rings is 1. The van der Waals surface area contributed by atoms with Crippen molar-refractivity contribution in [3.05, 3.63) is 29.8 Å². The lowest BCUT2D eigenvalue weighted by molar-refractivity contribution is -0.147. The molecule has 0 bridgehead atoms. The molecule has 1 heterocycles. The second-order valence-corrected chi connectivity index (χ2v) is 6.82. The van der Waals surface area contributed by atoms with Crippen molar-refractivity contribution in [2.24, 2.45) is 5.41 Å². The Hall–Kier alpha value is -1.88. The van der Waals surface area contributed by atoms with Gasteiger partial charge in [-0.3, -0.25) is 9.59 Å². The minimum absolute atomic E-state index is 0.0928. The van der Waals surface area contributed by atoms with Gasteiger partial charge in [0.25, 0.3) is 0 Å². The fourth-order valence-corrected chi connectivity index (χ4v) is 2.99. The van der Waals surface area contributed by atoms with Crippen LogP contribution in [0.1, 0.15) is 33.3 Å². The van der Waals surface area contributed by atoms with Crippen molar-refractivity contribution in [3.63, 3.8) is 0 Å². The Kier molecular flexibility index (Phi) is 5.99. The summed E-state index contributed by atoms with van der Waals surface area (Å²) in [6.07, 6.45) is 0.837. The molecule has 0 aliphatic carbocycles. The molecule has 2 rings (SSSR count). The van der Waals surface area contributed by atoms with E-state index in [1.165, 1.54) is 0 Å². The molecule has 0 radical (unpaired) electrons. The van der Waals surface area contributed by atoms with E-state index in [4.69, 9.17) is 0 Å². The van der Waals surface area contributed by atoms with Gasteiger partial charge >= 0.3 is 0 Å². The summed E-state index contributed by atoms with van der Waals surface area (Å²) in [5.41, 5.74) is 0.794. The van der Waals surface area contributed by atoms with Crippen LogP contribution in [0.3, 0.4) is 0 Å². The molecule has 132 valence electrons. The first-order valence-electron chi connectivity index (χ1n) is 8.81. The number of piperazine rings is 1. The van der Waals surface area contributed by atoms with Gasteiger partial charge in [-0.15, -0.1) is 0 Å². The second kappa shape index (κ2) is 7.79. The Morgan fingerprint density at radius 3 is 2.29 bits per heavy atom. The lowest BCUT2D eigenvalue weighted by Crippen LogP contribution is -2.54.